The Labute approximate surface area is 136 Å². The van der Waals surface area contributed by atoms with E-state index < -0.39 is 5.82 Å². The average molecular weight is 336 g/mol. The van der Waals surface area contributed by atoms with Gasteiger partial charge in [-0.25, -0.2) is 4.39 Å². The number of rotatable bonds is 3. The van der Waals surface area contributed by atoms with E-state index in [2.05, 4.69) is 10.2 Å². The summed E-state index contributed by atoms with van der Waals surface area (Å²) in [6, 6.07) is 4.55. The van der Waals surface area contributed by atoms with Crippen molar-refractivity contribution in [2.45, 2.75) is 19.4 Å². The van der Waals surface area contributed by atoms with E-state index >= 15 is 0 Å². The highest BCUT2D eigenvalue weighted by Crippen LogP contribution is 2.34. The fraction of sp³-hybridized carbons (Fsp3) is 0.500. The number of piperazine rings is 1. The normalized spacial score (nSPS) is 16.2. The lowest BCUT2D eigenvalue weighted by atomic mass is 9.98. The van der Waals surface area contributed by atoms with Gasteiger partial charge in [0.25, 0.3) is 0 Å². The van der Waals surface area contributed by atoms with Crippen LogP contribution in [-0.4, -0.2) is 36.2 Å². The molecule has 0 spiro atoms. The summed E-state index contributed by atoms with van der Waals surface area (Å²) in [5, 5.41) is 22.1. The second-order valence-corrected chi connectivity index (χ2v) is 4.72. The van der Waals surface area contributed by atoms with Gasteiger partial charge in [0.1, 0.15) is 0 Å². The molecule has 1 saturated heterocycles. The maximum atomic E-state index is 13.7. The number of nitriles is 1. The van der Waals surface area contributed by atoms with E-state index in [0.717, 1.165) is 38.7 Å². The fourth-order valence-electron chi connectivity index (χ4n) is 2.61. The maximum Gasteiger partial charge on any atom is 0.166 e. The van der Waals surface area contributed by atoms with Crippen molar-refractivity contribution >= 4 is 24.8 Å². The molecule has 0 aromatic heterocycles. The van der Waals surface area contributed by atoms with Gasteiger partial charge in [0, 0.05) is 37.8 Å². The standard InChI is InChI=1S/C14H18FN3O.2ClH/c1-2-13(18-5-3-17-4-6-18)11-7-10(9-16)8-12(15)14(11)19;;/h7-8,13,17,19H,2-6H2,1H3;2*1H/t13-;;/m0../s1. The van der Waals surface area contributed by atoms with Gasteiger partial charge in [-0.3, -0.25) is 4.90 Å². The number of halogens is 3. The van der Waals surface area contributed by atoms with Gasteiger partial charge < -0.3 is 10.4 Å². The van der Waals surface area contributed by atoms with E-state index in [4.69, 9.17) is 5.26 Å². The quantitative estimate of drug-likeness (QED) is 0.891. The van der Waals surface area contributed by atoms with Crippen LogP contribution < -0.4 is 5.32 Å². The van der Waals surface area contributed by atoms with Crippen molar-refractivity contribution in [3.05, 3.63) is 29.1 Å². The molecule has 1 aromatic rings. The summed E-state index contributed by atoms with van der Waals surface area (Å²) >= 11 is 0. The number of nitrogens with zero attached hydrogens (tertiary/aromatic N) is 2. The first-order valence-corrected chi connectivity index (χ1v) is 6.54. The van der Waals surface area contributed by atoms with Crippen LogP contribution in [0.4, 0.5) is 4.39 Å². The third kappa shape index (κ3) is 4.45. The summed E-state index contributed by atoms with van der Waals surface area (Å²) in [6.07, 6.45) is 0.766. The molecular weight excluding hydrogens is 316 g/mol. The molecule has 0 saturated carbocycles. The van der Waals surface area contributed by atoms with Crippen LogP contribution in [0.15, 0.2) is 12.1 Å². The van der Waals surface area contributed by atoms with Crippen LogP contribution in [0.1, 0.15) is 30.5 Å². The van der Waals surface area contributed by atoms with Crippen LogP contribution in [0.25, 0.3) is 0 Å². The number of nitrogens with one attached hydrogen (secondary N) is 1. The van der Waals surface area contributed by atoms with Gasteiger partial charge in [-0.15, -0.1) is 24.8 Å². The minimum atomic E-state index is -0.720. The zero-order chi connectivity index (χ0) is 13.8. The van der Waals surface area contributed by atoms with Crippen molar-refractivity contribution in [3.8, 4) is 11.8 Å². The molecule has 1 aromatic carbocycles. The summed E-state index contributed by atoms with van der Waals surface area (Å²) in [4.78, 5) is 2.21. The van der Waals surface area contributed by atoms with Crippen molar-refractivity contribution in [2.24, 2.45) is 0 Å². The van der Waals surface area contributed by atoms with Crippen LogP contribution in [0.5, 0.6) is 5.75 Å². The lowest BCUT2D eigenvalue weighted by Gasteiger charge is -2.35. The van der Waals surface area contributed by atoms with Crippen LogP contribution in [0.3, 0.4) is 0 Å². The highest BCUT2D eigenvalue weighted by molar-refractivity contribution is 5.85. The molecule has 1 aliphatic rings. The van der Waals surface area contributed by atoms with Crippen LogP contribution >= 0.6 is 24.8 Å². The second-order valence-electron chi connectivity index (χ2n) is 4.72. The third-order valence-electron chi connectivity index (χ3n) is 3.56. The molecule has 1 aliphatic heterocycles. The summed E-state index contributed by atoms with van der Waals surface area (Å²) in [5.74, 6) is -1.05. The molecule has 118 valence electrons. The minimum absolute atomic E-state index is 0. The molecule has 4 nitrogen and oxygen atoms in total. The Morgan fingerprint density at radius 3 is 2.52 bits per heavy atom. The van der Waals surface area contributed by atoms with E-state index in [1.165, 1.54) is 0 Å². The molecule has 2 N–H and O–H groups in total. The summed E-state index contributed by atoms with van der Waals surface area (Å²) in [5.41, 5.74) is 0.764. The van der Waals surface area contributed by atoms with Crippen LogP contribution in [-0.2, 0) is 0 Å². The average Bonchev–Trinajstić information content (AvgIpc) is 2.45. The van der Waals surface area contributed by atoms with Crippen molar-refractivity contribution in [1.82, 2.24) is 10.2 Å². The minimum Gasteiger partial charge on any atom is -0.505 e. The van der Waals surface area contributed by atoms with Crippen molar-refractivity contribution in [1.29, 1.82) is 5.26 Å². The molecule has 21 heavy (non-hydrogen) atoms. The van der Waals surface area contributed by atoms with Crippen LogP contribution in [0.2, 0.25) is 0 Å². The molecule has 0 amide bonds. The Hall–Kier alpha value is -1.06. The van der Waals surface area contributed by atoms with Gasteiger partial charge in [-0.05, 0) is 18.6 Å². The highest BCUT2D eigenvalue weighted by atomic mass is 35.5. The first-order valence-electron chi connectivity index (χ1n) is 6.54. The zero-order valence-corrected chi connectivity index (χ0v) is 13.4. The first kappa shape index (κ1) is 19.9. The monoisotopic (exact) mass is 335 g/mol. The molecule has 1 fully saturated rings. The molecule has 1 heterocycles. The van der Waals surface area contributed by atoms with E-state index in [0.29, 0.717) is 5.56 Å². The van der Waals surface area contributed by atoms with Crippen molar-refractivity contribution in [3.63, 3.8) is 0 Å². The predicted octanol–water partition coefficient (Wildman–Crippen LogP) is 2.60. The number of hydrogen-bond donors (Lipinski definition) is 2. The summed E-state index contributed by atoms with van der Waals surface area (Å²) in [7, 11) is 0. The zero-order valence-electron chi connectivity index (χ0n) is 11.8. The Balaban J connectivity index is 0.00000200. The van der Waals surface area contributed by atoms with Gasteiger partial charge in [0.2, 0.25) is 0 Å². The van der Waals surface area contributed by atoms with Gasteiger partial charge >= 0.3 is 0 Å². The highest BCUT2D eigenvalue weighted by Gasteiger charge is 2.24. The molecule has 2 rings (SSSR count). The fourth-order valence-corrected chi connectivity index (χ4v) is 2.61. The molecule has 0 radical (unpaired) electrons. The second kappa shape index (κ2) is 9.06. The largest absolute Gasteiger partial charge is 0.505 e. The Morgan fingerprint density at radius 1 is 1.38 bits per heavy atom. The lowest BCUT2D eigenvalue weighted by Crippen LogP contribution is -2.45. The maximum absolute atomic E-state index is 13.7. The third-order valence-corrected chi connectivity index (χ3v) is 3.56. The number of phenolic OH excluding ortho intramolecular Hbond substituents is 1. The van der Waals surface area contributed by atoms with E-state index in [-0.39, 0.29) is 42.2 Å². The smallest absolute Gasteiger partial charge is 0.166 e. The summed E-state index contributed by atoms with van der Waals surface area (Å²) < 4.78 is 13.7. The number of benzene rings is 1. The predicted molar refractivity (Wildman–Crippen MR) is 84.8 cm³/mol. The van der Waals surface area contributed by atoms with Crippen molar-refractivity contribution < 1.29 is 9.50 Å². The molecule has 7 heteroatoms. The van der Waals surface area contributed by atoms with Gasteiger partial charge in [-0.2, -0.15) is 5.26 Å². The number of aromatic hydroxyl groups is 1. The molecule has 0 aliphatic carbocycles. The van der Waals surface area contributed by atoms with Gasteiger partial charge in [0.05, 0.1) is 11.6 Å². The van der Waals surface area contributed by atoms with Gasteiger partial charge in [-0.1, -0.05) is 6.92 Å². The summed E-state index contributed by atoms with van der Waals surface area (Å²) in [6.45, 7) is 5.49. The Kier molecular flexibility index (Phi) is 8.60. The SMILES string of the molecule is CC[C@@H](c1cc(C#N)cc(F)c1O)N1CCNCC1.Cl.Cl. The van der Waals surface area contributed by atoms with E-state index in [1.54, 1.807) is 6.07 Å². The number of phenols is 1. The Morgan fingerprint density at radius 2 is 2.00 bits per heavy atom. The van der Waals surface area contributed by atoms with E-state index in [9.17, 15) is 9.50 Å². The van der Waals surface area contributed by atoms with E-state index in [1.807, 2.05) is 13.0 Å². The molecule has 0 bridgehead atoms. The van der Waals surface area contributed by atoms with Crippen LogP contribution in [0, 0.1) is 17.1 Å². The lowest BCUT2D eigenvalue weighted by molar-refractivity contribution is 0.166. The number of hydrogen-bond acceptors (Lipinski definition) is 4. The molecule has 0 unspecified atom stereocenters. The van der Waals surface area contributed by atoms with Crippen molar-refractivity contribution in [2.75, 3.05) is 26.2 Å². The topological polar surface area (TPSA) is 59.3 Å². The van der Waals surface area contributed by atoms with Gasteiger partial charge in [0.15, 0.2) is 11.6 Å². The molecular formula is C14H20Cl2FN3O. The molecule has 1 atom stereocenters. The Bertz CT molecular complexity index is 502. The first-order chi connectivity index (χ1) is 9.17.